The van der Waals surface area contributed by atoms with E-state index in [1.54, 1.807) is 14.2 Å². The minimum atomic E-state index is -0.660. The monoisotopic (exact) mass is 382 g/mol. The van der Waals surface area contributed by atoms with Gasteiger partial charge in [0.05, 0.1) is 14.2 Å². The molecule has 5 heteroatoms. The summed E-state index contributed by atoms with van der Waals surface area (Å²) >= 11 is 0. The lowest BCUT2D eigenvalue weighted by Gasteiger charge is -2.38. The molecule has 0 saturated heterocycles. The molecule has 1 atom stereocenters. The zero-order chi connectivity index (χ0) is 20.0. The van der Waals surface area contributed by atoms with Crippen LogP contribution in [0.15, 0.2) is 48.5 Å². The predicted molar refractivity (Wildman–Crippen MR) is 111 cm³/mol. The fourth-order valence-electron chi connectivity index (χ4n) is 4.14. The van der Waals surface area contributed by atoms with Gasteiger partial charge in [-0.3, -0.25) is 4.79 Å². The highest BCUT2D eigenvalue weighted by Gasteiger charge is 2.35. The van der Waals surface area contributed by atoms with Crippen LogP contribution in [-0.2, 0) is 10.2 Å². The highest BCUT2D eigenvalue weighted by molar-refractivity contribution is 5.83. The highest BCUT2D eigenvalue weighted by Crippen LogP contribution is 2.42. The number of nitrogens with two attached hydrogens (primary N) is 1. The van der Waals surface area contributed by atoms with Crippen molar-refractivity contribution in [2.75, 3.05) is 20.8 Å². The first-order valence-electron chi connectivity index (χ1n) is 9.90. The predicted octanol–water partition coefficient (Wildman–Crippen LogP) is 3.72. The molecule has 3 rings (SSSR count). The number of ether oxygens (including phenoxy) is 2. The standard InChI is InChI=1S/C23H30N2O3/c1-27-19-12-11-18(15-20(19)28-2)23(13-7-4-8-14-23)16-25-22(26)21(24)17-9-5-3-6-10-17/h3,5-6,9-12,15,21H,4,7-8,13-14,16,24H2,1-2H3,(H,25,26). The molecular formula is C23H30N2O3. The van der Waals surface area contributed by atoms with Gasteiger partial charge >= 0.3 is 0 Å². The topological polar surface area (TPSA) is 73.6 Å². The first-order valence-corrected chi connectivity index (χ1v) is 9.90. The van der Waals surface area contributed by atoms with E-state index in [4.69, 9.17) is 15.2 Å². The largest absolute Gasteiger partial charge is 0.493 e. The molecule has 5 nitrogen and oxygen atoms in total. The molecule has 2 aromatic rings. The van der Waals surface area contributed by atoms with Gasteiger partial charge in [0.25, 0.3) is 0 Å². The van der Waals surface area contributed by atoms with Crippen molar-refractivity contribution in [3.05, 3.63) is 59.7 Å². The molecule has 2 aromatic carbocycles. The van der Waals surface area contributed by atoms with Crippen molar-refractivity contribution in [1.29, 1.82) is 0 Å². The zero-order valence-electron chi connectivity index (χ0n) is 16.7. The van der Waals surface area contributed by atoms with Crippen LogP contribution in [0.1, 0.15) is 49.3 Å². The van der Waals surface area contributed by atoms with Crippen LogP contribution in [0.3, 0.4) is 0 Å². The Hall–Kier alpha value is -2.53. The lowest BCUT2D eigenvalue weighted by molar-refractivity contribution is -0.122. The van der Waals surface area contributed by atoms with Crippen molar-refractivity contribution in [3.8, 4) is 11.5 Å². The van der Waals surface area contributed by atoms with Gasteiger partial charge < -0.3 is 20.5 Å². The molecular weight excluding hydrogens is 352 g/mol. The van der Waals surface area contributed by atoms with Gasteiger partial charge in [0.15, 0.2) is 11.5 Å². The summed E-state index contributed by atoms with van der Waals surface area (Å²) in [6.45, 7) is 0.571. The number of carbonyl (C=O) groups excluding carboxylic acids is 1. The van der Waals surface area contributed by atoms with Crippen LogP contribution in [-0.4, -0.2) is 26.7 Å². The van der Waals surface area contributed by atoms with E-state index in [-0.39, 0.29) is 11.3 Å². The van der Waals surface area contributed by atoms with Gasteiger partial charge in [-0.1, -0.05) is 55.7 Å². The van der Waals surface area contributed by atoms with Gasteiger partial charge in [-0.2, -0.15) is 0 Å². The maximum Gasteiger partial charge on any atom is 0.241 e. The van der Waals surface area contributed by atoms with Crippen LogP contribution in [0, 0.1) is 0 Å². The molecule has 0 radical (unpaired) electrons. The molecule has 1 fully saturated rings. The SMILES string of the molecule is COc1ccc(C2(CNC(=O)C(N)c3ccccc3)CCCCC2)cc1OC. The Morgan fingerprint density at radius 1 is 1.04 bits per heavy atom. The van der Waals surface area contributed by atoms with Crippen LogP contribution in [0.4, 0.5) is 0 Å². The van der Waals surface area contributed by atoms with Gasteiger partial charge in [-0.05, 0) is 36.1 Å². The van der Waals surface area contributed by atoms with Crippen molar-refractivity contribution < 1.29 is 14.3 Å². The molecule has 150 valence electrons. The molecule has 0 bridgehead atoms. The minimum absolute atomic E-state index is 0.107. The second-order valence-electron chi connectivity index (χ2n) is 7.52. The van der Waals surface area contributed by atoms with Gasteiger partial charge in [0.2, 0.25) is 5.91 Å². The molecule has 28 heavy (non-hydrogen) atoms. The highest BCUT2D eigenvalue weighted by atomic mass is 16.5. The summed E-state index contributed by atoms with van der Waals surface area (Å²) in [5.74, 6) is 1.29. The molecule has 1 aliphatic rings. The molecule has 1 aliphatic carbocycles. The first-order chi connectivity index (χ1) is 13.6. The van der Waals surface area contributed by atoms with E-state index in [1.165, 1.54) is 12.0 Å². The van der Waals surface area contributed by atoms with Crippen LogP contribution in [0.5, 0.6) is 11.5 Å². The van der Waals surface area contributed by atoms with Crippen molar-refractivity contribution >= 4 is 5.91 Å². The summed E-state index contributed by atoms with van der Waals surface area (Å²) in [7, 11) is 3.29. The number of carbonyl (C=O) groups is 1. The fraction of sp³-hybridized carbons (Fsp3) is 0.435. The molecule has 1 amide bonds. The minimum Gasteiger partial charge on any atom is -0.493 e. The van der Waals surface area contributed by atoms with Crippen LogP contribution in [0.2, 0.25) is 0 Å². The molecule has 0 heterocycles. The number of benzene rings is 2. The average Bonchev–Trinajstić information content (AvgIpc) is 2.77. The average molecular weight is 383 g/mol. The number of hydrogen-bond donors (Lipinski definition) is 2. The Morgan fingerprint density at radius 3 is 2.36 bits per heavy atom. The maximum absolute atomic E-state index is 12.7. The summed E-state index contributed by atoms with van der Waals surface area (Å²) in [6.07, 6.45) is 5.59. The van der Waals surface area contributed by atoms with Crippen molar-refractivity contribution in [2.24, 2.45) is 5.73 Å². The van der Waals surface area contributed by atoms with Crippen molar-refractivity contribution in [1.82, 2.24) is 5.32 Å². The summed E-state index contributed by atoms with van der Waals surface area (Å²) in [6, 6.07) is 14.9. The maximum atomic E-state index is 12.7. The Morgan fingerprint density at radius 2 is 1.71 bits per heavy atom. The lowest BCUT2D eigenvalue weighted by Crippen LogP contribution is -2.45. The smallest absolute Gasteiger partial charge is 0.241 e. The molecule has 1 saturated carbocycles. The summed E-state index contributed by atoms with van der Waals surface area (Å²) in [4.78, 5) is 12.7. The Bertz CT molecular complexity index is 786. The van der Waals surface area contributed by atoms with E-state index in [0.717, 1.165) is 37.0 Å². The van der Waals surface area contributed by atoms with E-state index in [0.29, 0.717) is 12.3 Å². The Kier molecular flexibility index (Phi) is 6.57. The Labute approximate surface area is 167 Å². The zero-order valence-corrected chi connectivity index (χ0v) is 16.7. The van der Waals surface area contributed by atoms with Gasteiger partial charge in [-0.25, -0.2) is 0 Å². The normalized spacial score (nSPS) is 16.8. The number of nitrogens with one attached hydrogen (secondary N) is 1. The summed E-state index contributed by atoms with van der Waals surface area (Å²) in [5, 5.41) is 3.12. The number of methoxy groups -OCH3 is 2. The number of hydrogen-bond acceptors (Lipinski definition) is 4. The van der Waals surface area contributed by atoms with E-state index in [9.17, 15) is 4.79 Å². The Balaban J connectivity index is 1.79. The third kappa shape index (κ3) is 4.30. The molecule has 3 N–H and O–H groups in total. The van der Waals surface area contributed by atoms with Gasteiger partial charge in [-0.15, -0.1) is 0 Å². The fourth-order valence-corrected chi connectivity index (χ4v) is 4.14. The van der Waals surface area contributed by atoms with E-state index < -0.39 is 6.04 Å². The third-order valence-corrected chi connectivity index (χ3v) is 5.85. The summed E-state index contributed by atoms with van der Waals surface area (Å²) in [5.41, 5.74) is 8.07. The van der Waals surface area contributed by atoms with Gasteiger partial charge in [0.1, 0.15) is 6.04 Å². The molecule has 0 aromatic heterocycles. The van der Waals surface area contributed by atoms with Crippen molar-refractivity contribution in [2.45, 2.75) is 43.6 Å². The van der Waals surface area contributed by atoms with E-state index in [2.05, 4.69) is 11.4 Å². The van der Waals surface area contributed by atoms with Crippen LogP contribution >= 0.6 is 0 Å². The quantitative estimate of drug-likeness (QED) is 0.765. The van der Waals surface area contributed by atoms with Gasteiger partial charge in [0, 0.05) is 12.0 Å². The molecule has 1 unspecified atom stereocenters. The number of amides is 1. The molecule has 0 spiro atoms. The lowest BCUT2D eigenvalue weighted by atomic mass is 9.69. The molecule has 0 aliphatic heterocycles. The second-order valence-corrected chi connectivity index (χ2v) is 7.52. The second kappa shape index (κ2) is 9.11. The van der Waals surface area contributed by atoms with Crippen LogP contribution < -0.4 is 20.5 Å². The van der Waals surface area contributed by atoms with Crippen molar-refractivity contribution in [3.63, 3.8) is 0 Å². The van der Waals surface area contributed by atoms with Crippen LogP contribution in [0.25, 0.3) is 0 Å². The number of rotatable bonds is 7. The summed E-state index contributed by atoms with van der Waals surface area (Å²) < 4.78 is 10.9. The van der Waals surface area contributed by atoms with E-state index in [1.807, 2.05) is 42.5 Å². The first kappa shape index (κ1) is 20.2. The third-order valence-electron chi connectivity index (χ3n) is 5.85. The van der Waals surface area contributed by atoms with E-state index >= 15 is 0 Å².